The molecule has 4 heteroatoms. The van der Waals surface area contributed by atoms with Gasteiger partial charge in [0.2, 0.25) is 0 Å². The van der Waals surface area contributed by atoms with Crippen LogP contribution in [0.5, 0.6) is 0 Å². The number of aromatic nitrogens is 2. The summed E-state index contributed by atoms with van der Waals surface area (Å²) in [5.74, 6) is 0.595. The first-order valence-corrected chi connectivity index (χ1v) is 6.20. The van der Waals surface area contributed by atoms with Crippen LogP contribution in [0.25, 0.3) is 12.2 Å². The summed E-state index contributed by atoms with van der Waals surface area (Å²) < 4.78 is 6.52. The Morgan fingerprint density at radius 3 is 2.65 bits per heavy atom. The lowest BCUT2D eigenvalue weighted by atomic mass is 10.2. The number of carbonyl (C=O) groups excluding carboxylic acids is 1. The van der Waals surface area contributed by atoms with E-state index in [1.54, 1.807) is 42.8 Å². The second-order valence-electron chi connectivity index (χ2n) is 4.21. The number of benzene rings is 1. The standard InChI is InChI=1S/C16H12N2O2/c19-16(13-5-2-1-3-6-13)18-11-10-14(17-18)8-9-15-7-4-12-20-15/h1-12H/b9-8+. The minimum atomic E-state index is -0.150. The molecule has 1 aromatic carbocycles. The molecule has 0 saturated heterocycles. The molecule has 20 heavy (non-hydrogen) atoms. The molecule has 0 saturated carbocycles. The molecule has 0 radical (unpaired) electrons. The fourth-order valence-electron chi connectivity index (χ4n) is 1.81. The highest BCUT2D eigenvalue weighted by atomic mass is 16.3. The van der Waals surface area contributed by atoms with Crippen molar-refractivity contribution in [2.24, 2.45) is 0 Å². The lowest BCUT2D eigenvalue weighted by Crippen LogP contribution is -2.12. The predicted molar refractivity (Wildman–Crippen MR) is 76.0 cm³/mol. The first kappa shape index (κ1) is 12.2. The molecule has 98 valence electrons. The van der Waals surface area contributed by atoms with Crippen LogP contribution in [0.3, 0.4) is 0 Å². The second-order valence-corrected chi connectivity index (χ2v) is 4.21. The van der Waals surface area contributed by atoms with E-state index < -0.39 is 0 Å². The van der Waals surface area contributed by atoms with Crippen LogP contribution >= 0.6 is 0 Å². The lowest BCUT2D eigenvalue weighted by molar-refractivity contribution is 0.0945. The van der Waals surface area contributed by atoms with Crippen molar-refractivity contribution in [1.29, 1.82) is 0 Å². The molecule has 0 aliphatic carbocycles. The molecule has 0 fully saturated rings. The Hall–Kier alpha value is -2.88. The minimum absolute atomic E-state index is 0.150. The molecule has 2 aromatic heterocycles. The van der Waals surface area contributed by atoms with Crippen LogP contribution in [0.4, 0.5) is 0 Å². The number of furan rings is 1. The van der Waals surface area contributed by atoms with E-state index in [-0.39, 0.29) is 5.91 Å². The van der Waals surface area contributed by atoms with E-state index in [1.807, 2.05) is 30.3 Å². The predicted octanol–water partition coefficient (Wildman–Crippen LogP) is 3.34. The Balaban J connectivity index is 1.79. The van der Waals surface area contributed by atoms with Crippen molar-refractivity contribution in [2.75, 3.05) is 0 Å². The molecule has 3 aromatic rings. The van der Waals surface area contributed by atoms with Gasteiger partial charge in [0.1, 0.15) is 5.76 Å². The normalized spacial score (nSPS) is 11.0. The van der Waals surface area contributed by atoms with Crippen molar-refractivity contribution >= 4 is 18.1 Å². The van der Waals surface area contributed by atoms with Crippen molar-refractivity contribution in [3.05, 3.63) is 78.0 Å². The zero-order valence-electron chi connectivity index (χ0n) is 10.6. The van der Waals surface area contributed by atoms with E-state index >= 15 is 0 Å². The number of hydrogen-bond donors (Lipinski definition) is 0. The number of nitrogens with zero attached hydrogens (tertiary/aromatic N) is 2. The number of carbonyl (C=O) groups is 1. The average Bonchev–Trinajstić information content (AvgIpc) is 3.17. The summed E-state index contributed by atoms with van der Waals surface area (Å²) in [6.45, 7) is 0. The molecule has 4 nitrogen and oxygen atoms in total. The molecule has 0 spiro atoms. The summed E-state index contributed by atoms with van der Waals surface area (Å²) in [6, 6.07) is 14.5. The second kappa shape index (κ2) is 5.40. The van der Waals surface area contributed by atoms with E-state index in [4.69, 9.17) is 4.42 Å². The Morgan fingerprint density at radius 2 is 1.90 bits per heavy atom. The van der Waals surface area contributed by atoms with E-state index in [2.05, 4.69) is 5.10 Å². The molecule has 0 atom stereocenters. The SMILES string of the molecule is O=C(c1ccccc1)n1ccc(/C=C/c2ccco2)n1. The van der Waals surface area contributed by atoms with Crippen LogP contribution in [0, 0.1) is 0 Å². The average molecular weight is 264 g/mol. The van der Waals surface area contributed by atoms with Gasteiger partial charge in [0, 0.05) is 11.8 Å². The van der Waals surface area contributed by atoms with Gasteiger partial charge in [0.15, 0.2) is 0 Å². The zero-order chi connectivity index (χ0) is 13.8. The number of rotatable bonds is 3. The maximum atomic E-state index is 12.2. The molecule has 0 unspecified atom stereocenters. The molecular formula is C16H12N2O2. The molecule has 3 rings (SSSR count). The van der Waals surface area contributed by atoms with Gasteiger partial charge in [-0.05, 0) is 42.5 Å². The third-order valence-corrected chi connectivity index (χ3v) is 2.80. The van der Waals surface area contributed by atoms with Gasteiger partial charge in [0.05, 0.1) is 12.0 Å². The van der Waals surface area contributed by atoms with Crippen molar-refractivity contribution in [2.45, 2.75) is 0 Å². The Morgan fingerprint density at radius 1 is 1.05 bits per heavy atom. The Kier molecular flexibility index (Phi) is 3.29. The molecule has 0 aliphatic rings. The zero-order valence-corrected chi connectivity index (χ0v) is 10.6. The lowest BCUT2D eigenvalue weighted by Gasteiger charge is -1.99. The monoisotopic (exact) mass is 264 g/mol. The Bertz CT molecular complexity index is 725. The smallest absolute Gasteiger partial charge is 0.278 e. The van der Waals surface area contributed by atoms with Crippen molar-refractivity contribution in [3.63, 3.8) is 0 Å². The van der Waals surface area contributed by atoms with Crippen molar-refractivity contribution < 1.29 is 9.21 Å². The molecule has 0 aliphatic heterocycles. The van der Waals surface area contributed by atoms with Crippen LogP contribution in [-0.2, 0) is 0 Å². The maximum Gasteiger partial charge on any atom is 0.278 e. The summed E-state index contributed by atoms with van der Waals surface area (Å²) in [7, 11) is 0. The maximum absolute atomic E-state index is 12.2. The largest absolute Gasteiger partial charge is 0.465 e. The highest BCUT2D eigenvalue weighted by Crippen LogP contribution is 2.08. The summed E-state index contributed by atoms with van der Waals surface area (Å²) in [5, 5.41) is 4.22. The summed E-state index contributed by atoms with van der Waals surface area (Å²) in [6.07, 6.45) is 6.86. The third-order valence-electron chi connectivity index (χ3n) is 2.80. The molecule has 2 heterocycles. The van der Waals surface area contributed by atoms with Gasteiger partial charge in [-0.25, -0.2) is 4.68 Å². The third kappa shape index (κ3) is 2.59. The van der Waals surface area contributed by atoms with Crippen LogP contribution in [0.1, 0.15) is 21.8 Å². The van der Waals surface area contributed by atoms with Gasteiger partial charge in [-0.1, -0.05) is 18.2 Å². The van der Waals surface area contributed by atoms with Gasteiger partial charge in [-0.3, -0.25) is 4.79 Å². The van der Waals surface area contributed by atoms with Crippen molar-refractivity contribution in [1.82, 2.24) is 9.78 Å². The highest BCUT2D eigenvalue weighted by Gasteiger charge is 2.08. The molecule has 0 amide bonds. The fourth-order valence-corrected chi connectivity index (χ4v) is 1.81. The highest BCUT2D eigenvalue weighted by molar-refractivity contribution is 5.95. The van der Waals surface area contributed by atoms with Gasteiger partial charge in [-0.2, -0.15) is 5.10 Å². The topological polar surface area (TPSA) is 48.0 Å². The van der Waals surface area contributed by atoms with Gasteiger partial charge in [-0.15, -0.1) is 0 Å². The molecule has 0 bridgehead atoms. The summed E-state index contributed by atoms with van der Waals surface area (Å²) in [4.78, 5) is 12.2. The van der Waals surface area contributed by atoms with E-state index in [1.165, 1.54) is 4.68 Å². The van der Waals surface area contributed by atoms with Crippen LogP contribution in [-0.4, -0.2) is 15.7 Å². The van der Waals surface area contributed by atoms with Gasteiger partial charge in [0.25, 0.3) is 5.91 Å². The summed E-state index contributed by atoms with van der Waals surface area (Å²) in [5.41, 5.74) is 1.31. The first-order valence-electron chi connectivity index (χ1n) is 6.20. The fraction of sp³-hybridized carbons (Fsp3) is 0. The van der Waals surface area contributed by atoms with E-state index in [0.717, 1.165) is 5.76 Å². The first-order chi connectivity index (χ1) is 9.83. The molecule has 0 N–H and O–H groups in total. The van der Waals surface area contributed by atoms with Crippen LogP contribution < -0.4 is 0 Å². The van der Waals surface area contributed by atoms with Gasteiger partial charge >= 0.3 is 0 Å². The van der Waals surface area contributed by atoms with Gasteiger partial charge < -0.3 is 4.42 Å². The number of hydrogen-bond acceptors (Lipinski definition) is 3. The Labute approximate surface area is 116 Å². The molecular weight excluding hydrogens is 252 g/mol. The van der Waals surface area contributed by atoms with Crippen molar-refractivity contribution in [3.8, 4) is 0 Å². The van der Waals surface area contributed by atoms with E-state index in [9.17, 15) is 4.79 Å². The quantitative estimate of drug-likeness (QED) is 0.729. The van der Waals surface area contributed by atoms with Crippen LogP contribution in [0.2, 0.25) is 0 Å². The van der Waals surface area contributed by atoms with Crippen LogP contribution in [0.15, 0.2) is 65.4 Å². The minimum Gasteiger partial charge on any atom is -0.465 e. The van der Waals surface area contributed by atoms with E-state index in [0.29, 0.717) is 11.3 Å². The summed E-state index contributed by atoms with van der Waals surface area (Å²) >= 11 is 0.